The van der Waals surface area contributed by atoms with Gasteiger partial charge in [0.15, 0.2) is 17.2 Å². The molecule has 10 heteroatoms. The first-order valence-electron chi connectivity index (χ1n) is 11.2. The van der Waals surface area contributed by atoms with Gasteiger partial charge in [-0.15, -0.1) is 0 Å². The lowest BCUT2D eigenvalue weighted by atomic mass is 9.88. The fourth-order valence-corrected chi connectivity index (χ4v) is 4.72. The van der Waals surface area contributed by atoms with Crippen molar-refractivity contribution >= 4 is 34.8 Å². The van der Waals surface area contributed by atoms with E-state index in [2.05, 4.69) is 10.4 Å². The van der Waals surface area contributed by atoms with Crippen molar-refractivity contribution in [2.45, 2.75) is 12.8 Å². The molecule has 36 heavy (non-hydrogen) atoms. The largest absolute Gasteiger partial charge is 0.454 e. The number of amides is 2. The smallest absolute Gasteiger partial charge is 0.269 e. The minimum atomic E-state index is -0.598. The van der Waals surface area contributed by atoms with Crippen LogP contribution in [0.3, 0.4) is 0 Å². The van der Waals surface area contributed by atoms with Gasteiger partial charge in [0.2, 0.25) is 6.79 Å². The van der Waals surface area contributed by atoms with Crippen molar-refractivity contribution in [2.24, 2.45) is 5.73 Å². The third kappa shape index (κ3) is 3.61. The predicted molar refractivity (Wildman–Crippen MR) is 135 cm³/mol. The van der Waals surface area contributed by atoms with Gasteiger partial charge in [-0.1, -0.05) is 17.7 Å². The highest BCUT2D eigenvalue weighted by Crippen LogP contribution is 2.40. The van der Waals surface area contributed by atoms with Gasteiger partial charge in [-0.05, 0) is 60.9 Å². The van der Waals surface area contributed by atoms with Crippen LogP contribution in [0, 0.1) is 0 Å². The molecule has 180 valence electrons. The van der Waals surface area contributed by atoms with Crippen molar-refractivity contribution in [3.8, 4) is 28.4 Å². The summed E-state index contributed by atoms with van der Waals surface area (Å²) in [6.45, 7) is 0.147. The lowest BCUT2D eigenvalue weighted by Crippen LogP contribution is -2.15. The lowest BCUT2D eigenvalue weighted by molar-refractivity contribution is 0.0992. The molecule has 1 aromatic heterocycles. The van der Waals surface area contributed by atoms with Gasteiger partial charge in [0.25, 0.3) is 11.8 Å². The van der Waals surface area contributed by atoms with Crippen molar-refractivity contribution in [3.05, 3.63) is 82.0 Å². The van der Waals surface area contributed by atoms with Crippen molar-refractivity contribution in [2.75, 3.05) is 17.8 Å². The maximum Gasteiger partial charge on any atom is 0.269 e. The van der Waals surface area contributed by atoms with Crippen LogP contribution in [0.15, 0.2) is 54.6 Å². The third-order valence-corrected chi connectivity index (χ3v) is 6.69. The summed E-state index contributed by atoms with van der Waals surface area (Å²) in [7, 11) is 0. The molecule has 4 aromatic rings. The van der Waals surface area contributed by atoms with E-state index in [-0.39, 0.29) is 18.4 Å². The average molecular weight is 502 g/mol. The Morgan fingerprint density at radius 3 is 2.64 bits per heavy atom. The van der Waals surface area contributed by atoms with Gasteiger partial charge in [-0.3, -0.25) is 9.59 Å². The quantitative estimate of drug-likeness (QED) is 0.362. The molecule has 0 unspecified atom stereocenters. The molecule has 3 aromatic carbocycles. The summed E-state index contributed by atoms with van der Waals surface area (Å²) in [5, 5.41) is 7.87. The molecule has 2 amide bonds. The second kappa shape index (κ2) is 8.31. The number of hydrogen-bond donors (Lipinski definition) is 3. The van der Waals surface area contributed by atoms with Crippen LogP contribution >= 0.6 is 11.6 Å². The number of nitrogens with one attached hydrogen (secondary N) is 1. The zero-order chi connectivity index (χ0) is 25.0. The Morgan fingerprint density at radius 1 is 1.00 bits per heavy atom. The molecule has 0 bridgehead atoms. The summed E-state index contributed by atoms with van der Waals surface area (Å²) < 4.78 is 12.6. The molecule has 0 atom stereocenters. The Balaban J connectivity index is 1.43. The Hall–Kier alpha value is -4.50. The number of nitrogen functional groups attached to an aromatic ring is 1. The fraction of sp³-hybridized carbons (Fsp3) is 0.115. The topological polar surface area (TPSA) is 134 Å². The third-order valence-electron chi connectivity index (χ3n) is 6.34. The van der Waals surface area contributed by atoms with E-state index in [1.54, 1.807) is 22.9 Å². The van der Waals surface area contributed by atoms with Crippen molar-refractivity contribution in [1.82, 2.24) is 9.78 Å². The van der Waals surface area contributed by atoms with E-state index in [1.807, 2.05) is 30.3 Å². The number of halogens is 1. The molecule has 2 aliphatic rings. The Morgan fingerprint density at radius 2 is 1.83 bits per heavy atom. The maximum absolute atomic E-state index is 12.9. The first kappa shape index (κ1) is 22.0. The van der Waals surface area contributed by atoms with Crippen LogP contribution in [0.2, 0.25) is 5.02 Å². The number of carbonyl (C=O) groups excluding carboxylic acids is 2. The van der Waals surface area contributed by atoms with E-state index < -0.39 is 5.91 Å². The zero-order valence-electron chi connectivity index (χ0n) is 18.9. The van der Waals surface area contributed by atoms with Crippen LogP contribution in [0.5, 0.6) is 11.5 Å². The lowest BCUT2D eigenvalue weighted by Gasteiger charge is -2.20. The molecule has 1 aliphatic heterocycles. The number of benzene rings is 3. The zero-order valence-corrected chi connectivity index (χ0v) is 19.6. The summed E-state index contributed by atoms with van der Waals surface area (Å²) in [4.78, 5) is 25.1. The number of primary amides is 1. The molecule has 0 saturated carbocycles. The second-order valence-corrected chi connectivity index (χ2v) is 8.96. The van der Waals surface area contributed by atoms with Crippen molar-refractivity contribution in [3.63, 3.8) is 0 Å². The van der Waals surface area contributed by atoms with E-state index >= 15 is 0 Å². The summed E-state index contributed by atoms with van der Waals surface area (Å²) in [5.41, 5.74) is 17.2. The van der Waals surface area contributed by atoms with Crippen LogP contribution in [-0.2, 0) is 12.8 Å². The molecule has 0 saturated heterocycles. The van der Waals surface area contributed by atoms with E-state index in [0.29, 0.717) is 52.0 Å². The van der Waals surface area contributed by atoms with Crippen molar-refractivity contribution < 1.29 is 19.1 Å². The monoisotopic (exact) mass is 501 g/mol. The van der Waals surface area contributed by atoms with Crippen LogP contribution < -0.4 is 26.3 Å². The number of nitrogens with two attached hydrogens (primary N) is 2. The Kier molecular flexibility index (Phi) is 5.08. The molecule has 1 aliphatic carbocycles. The summed E-state index contributed by atoms with van der Waals surface area (Å²) in [6.07, 6.45) is 1.32. The van der Waals surface area contributed by atoms with Crippen LogP contribution in [0.25, 0.3) is 16.9 Å². The number of hydrogen-bond acceptors (Lipinski definition) is 6. The summed E-state index contributed by atoms with van der Waals surface area (Å²) in [5.74, 6) is 0.315. The minimum absolute atomic E-state index is 0.147. The van der Waals surface area contributed by atoms with E-state index in [1.165, 1.54) is 6.07 Å². The highest BCUT2D eigenvalue weighted by molar-refractivity contribution is 6.33. The highest BCUT2D eigenvalue weighted by Gasteiger charge is 2.29. The fourth-order valence-electron chi connectivity index (χ4n) is 4.61. The van der Waals surface area contributed by atoms with Crippen LogP contribution in [-0.4, -0.2) is 28.4 Å². The molecular weight excluding hydrogens is 482 g/mol. The standard InChI is InChI=1S/C26H20ClN5O4/c27-19-7-3-14(9-20(19)28)26(34)30-15-4-1-13-2-6-17-23(25(29)33)31-32(24(17)18(13)10-15)16-5-8-21-22(11-16)36-12-35-21/h1,3-5,7-11H,2,6,12,28H2,(H2,29,33)(H,30,34). The SMILES string of the molecule is NC(=O)c1nn(-c2ccc3c(c2)OCO3)c2c1CCc1ccc(NC(=O)c3ccc(Cl)c(N)c3)cc1-2. The number of nitrogens with zero attached hydrogens (tertiary/aromatic N) is 2. The molecule has 0 radical (unpaired) electrons. The van der Waals surface area contributed by atoms with Gasteiger partial charge < -0.3 is 26.3 Å². The number of fused-ring (bicyclic) bond motifs is 4. The van der Waals surface area contributed by atoms with Crippen molar-refractivity contribution in [1.29, 1.82) is 0 Å². The van der Waals surface area contributed by atoms with Gasteiger partial charge in [0.05, 0.1) is 22.1 Å². The number of aryl methyl sites for hydroxylation is 1. The van der Waals surface area contributed by atoms with Gasteiger partial charge in [-0.2, -0.15) is 5.10 Å². The van der Waals surface area contributed by atoms with E-state index in [0.717, 1.165) is 22.4 Å². The maximum atomic E-state index is 12.9. The van der Waals surface area contributed by atoms with Crippen LogP contribution in [0.1, 0.15) is 32.0 Å². The molecular formula is C26H20ClN5O4. The van der Waals surface area contributed by atoms with E-state index in [9.17, 15) is 9.59 Å². The first-order valence-corrected chi connectivity index (χ1v) is 11.6. The number of rotatable bonds is 4. The Bertz CT molecular complexity index is 1580. The number of ether oxygens (including phenoxy) is 2. The first-order chi connectivity index (χ1) is 17.4. The molecule has 5 N–H and O–H groups in total. The van der Waals surface area contributed by atoms with Gasteiger partial charge >= 0.3 is 0 Å². The van der Waals surface area contributed by atoms with E-state index in [4.69, 9.17) is 32.5 Å². The van der Waals surface area contributed by atoms with Gasteiger partial charge in [-0.25, -0.2) is 4.68 Å². The van der Waals surface area contributed by atoms with Gasteiger partial charge in [0, 0.05) is 28.4 Å². The normalized spacial score (nSPS) is 13.1. The second-order valence-electron chi connectivity index (χ2n) is 8.55. The molecule has 2 heterocycles. The molecule has 9 nitrogen and oxygen atoms in total. The van der Waals surface area contributed by atoms with Crippen LogP contribution in [0.4, 0.5) is 11.4 Å². The number of carbonyl (C=O) groups is 2. The highest BCUT2D eigenvalue weighted by atomic mass is 35.5. The molecule has 6 rings (SSSR count). The average Bonchev–Trinajstić information content (AvgIpc) is 3.50. The minimum Gasteiger partial charge on any atom is -0.454 e. The molecule has 0 spiro atoms. The number of anilines is 2. The predicted octanol–water partition coefficient (Wildman–Crippen LogP) is 3.95. The van der Waals surface area contributed by atoms with Gasteiger partial charge in [0.1, 0.15) is 0 Å². The molecule has 0 fully saturated rings. The number of aromatic nitrogens is 2. The summed E-state index contributed by atoms with van der Waals surface area (Å²) in [6, 6.07) is 15.9. The summed E-state index contributed by atoms with van der Waals surface area (Å²) >= 11 is 5.98. The Labute approximate surface area is 210 Å².